The van der Waals surface area contributed by atoms with Crippen LogP contribution in [0.25, 0.3) is 0 Å². The molecule has 0 saturated carbocycles. The zero-order valence-corrected chi connectivity index (χ0v) is 14.6. The molecule has 0 radical (unpaired) electrons. The minimum Gasteiger partial charge on any atom is -0.312 e. The molecular weight excluding hydrogens is 264 g/mol. The van der Waals surface area contributed by atoms with Crippen molar-refractivity contribution < 1.29 is 0 Å². The summed E-state index contributed by atoms with van der Waals surface area (Å²) in [6, 6.07) is 4.59. The molecule has 0 unspecified atom stereocenters. The van der Waals surface area contributed by atoms with Crippen LogP contribution in [-0.4, -0.2) is 24.5 Å². The van der Waals surface area contributed by atoms with E-state index in [0.717, 1.165) is 32.1 Å². The molecule has 0 aliphatic rings. The van der Waals surface area contributed by atoms with Gasteiger partial charge in [-0.05, 0) is 37.6 Å². The van der Waals surface area contributed by atoms with Gasteiger partial charge in [-0.15, -0.1) is 11.3 Å². The van der Waals surface area contributed by atoms with Crippen LogP contribution in [0, 0.1) is 5.92 Å². The molecule has 0 atom stereocenters. The zero-order chi connectivity index (χ0) is 14.8. The SMILES string of the molecule is CCCNCc1ccc(CN(CC)CC(CC)CC)s1. The van der Waals surface area contributed by atoms with Crippen LogP contribution < -0.4 is 5.32 Å². The minimum absolute atomic E-state index is 0.848. The standard InChI is InChI=1S/C17H32N2S/c1-5-11-18-12-16-9-10-17(20-16)14-19(8-4)13-15(6-2)7-3/h9-10,15,18H,5-8,11-14H2,1-4H3. The maximum atomic E-state index is 3.48. The van der Waals surface area contributed by atoms with E-state index >= 15 is 0 Å². The van der Waals surface area contributed by atoms with Gasteiger partial charge in [0.2, 0.25) is 0 Å². The number of hydrogen-bond acceptors (Lipinski definition) is 3. The van der Waals surface area contributed by atoms with E-state index in [1.807, 2.05) is 11.3 Å². The van der Waals surface area contributed by atoms with Gasteiger partial charge in [0.25, 0.3) is 0 Å². The van der Waals surface area contributed by atoms with Crippen molar-refractivity contribution in [2.24, 2.45) is 5.92 Å². The van der Waals surface area contributed by atoms with Crippen LogP contribution in [0.15, 0.2) is 12.1 Å². The summed E-state index contributed by atoms with van der Waals surface area (Å²) in [5.41, 5.74) is 0. The maximum absolute atomic E-state index is 3.48. The minimum atomic E-state index is 0.848. The van der Waals surface area contributed by atoms with Gasteiger partial charge < -0.3 is 5.32 Å². The molecular formula is C17H32N2S. The molecule has 1 rings (SSSR count). The van der Waals surface area contributed by atoms with E-state index in [1.54, 1.807) is 0 Å². The molecule has 0 amide bonds. The molecule has 0 aromatic carbocycles. The summed E-state index contributed by atoms with van der Waals surface area (Å²) in [5, 5.41) is 3.48. The Bertz CT molecular complexity index is 345. The Labute approximate surface area is 129 Å². The van der Waals surface area contributed by atoms with E-state index in [-0.39, 0.29) is 0 Å². The third-order valence-corrected chi connectivity index (χ3v) is 5.01. The molecule has 1 N–H and O–H groups in total. The third-order valence-electron chi connectivity index (χ3n) is 3.94. The Morgan fingerprint density at radius 2 is 1.80 bits per heavy atom. The highest BCUT2D eigenvalue weighted by Gasteiger charge is 2.11. The first-order chi connectivity index (χ1) is 9.73. The van der Waals surface area contributed by atoms with Gasteiger partial charge in [-0.3, -0.25) is 4.90 Å². The lowest BCUT2D eigenvalue weighted by Crippen LogP contribution is -2.28. The zero-order valence-electron chi connectivity index (χ0n) is 13.7. The normalized spacial score (nSPS) is 11.7. The summed E-state index contributed by atoms with van der Waals surface area (Å²) >= 11 is 1.97. The topological polar surface area (TPSA) is 15.3 Å². The van der Waals surface area contributed by atoms with Crippen LogP contribution in [0.3, 0.4) is 0 Å². The van der Waals surface area contributed by atoms with Crippen LogP contribution in [0.1, 0.15) is 56.7 Å². The van der Waals surface area contributed by atoms with Crippen molar-refractivity contribution >= 4 is 11.3 Å². The summed E-state index contributed by atoms with van der Waals surface area (Å²) in [4.78, 5) is 5.56. The first-order valence-corrected chi connectivity index (χ1v) is 9.05. The lowest BCUT2D eigenvalue weighted by Gasteiger charge is -2.24. The van der Waals surface area contributed by atoms with Gasteiger partial charge in [0.15, 0.2) is 0 Å². The van der Waals surface area contributed by atoms with Gasteiger partial charge in [-0.2, -0.15) is 0 Å². The van der Waals surface area contributed by atoms with Gasteiger partial charge in [-0.1, -0.05) is 40.5 Å². The van der Waals surface area contributed by atoms with Crippen LogP contribution >= 0.6 is 11.3 Å². The lowest BCUT2D eigenvalue weighted by atomic mass is 10.0. The molecule has 1 heterocycles. The van der Waals surface area contributed by atoms with Crippen LogP contribution in [0.4, 0.5) is 0 Å². The van der Waals surface area contributed by atoms with Crippen molar-refractivity contribution in [3.05, 3.63) is 21.9 Å². The van der Waals surface area contributed by atoms with Crippen LogP contribution in [0.2, 0.25) is 0 Å². The van der Waals surface area contributed by atoms with Gasteiger partial charge in [0.1, 0.15) is 0 Å². The molecule has 0 aliphatic heterocycles. The van der Waals surface area contributed by atoms with Gasteiger partial charge in [-0.25, -0.2) is 0 Å². The smallest absolute Gasteiger partial charge is 0.0328 e. The molecule has 0 aliphatic carbocycles. The van der Waals surface area contributed by atoms with E-state index in [0.29, 0.717) is 0 Å². The van der Waals surface area contributed by atoms with E-state index < -0.39 is 0 Å². The highest BCUT2D eigenvalue weighted by molar-refractivity contribution is 7.11. The average Bonchev–Trinajstić information content (AvgIpc) is 2.91. The molecule has 1 aromatic heterocycles. The Morgan fingerprint density at radius 1 is 1.10 bits per heavy atom. The number of hydrogen-bond donors (Lipinski definition) is 1. The van der Waals surface area contributed by atoms with Crippen LogP contribution in [-0.2, 0) is 13.1 Å². The number of nitrogens with one attached hydrogen (secondary N) is 1. The predicted octanol–water partition coefficient (Wildman–Crippen LogP) is 4.51. The second kappa shape index (κ2) is 10.4. The molecule has 0 spiro atoms. The second-order valence-electron chi connectivity index (χ2n) is 5.56. The van der Waals surface area contributed by atoms with E-state index in [9.17, 15) is 0 Å². The molecule has 20 heavy (non-hydrogen) atoms. The summed E-state index contributed by atoms with van der Waals surface area (Å²) in [6.45, 7) is 14.8. The van der Waals surface area contributed by atoms with Crippen molar-refractivity contribution in [3.8, 4) is 0 Å². The summed E-state index contributed by atoms with van der Waals surface area (Å²) in [7, 11) is 0. The Kier molecular flexibility index (Phi) is 9.16. The van der Waals surface area contributed by atoms with E-state index in [4.69, 9.17) is 0 Å². The highest BCUT2D eigenvalue weighted by atomic mass is 32.1. The first kappa shape index (κ1) is 17.7. The average molecular weight is 297 g/mol. The van der Waals surface area contributed by atoms with Crippen molar-refractivity contribution in [2.75, 3.05) is 19.6 Å². The lowest BCUT2D eigenvalue weighted by molar-refractivity contribution is 0.228. The van der Waals surface area contributed by atoms with Crippen LogP contribution in [0.5, 0.6) is 0 Å². The second-order valence-corrected chi connectivity index (χ2v) is 6.81. The molecule has 3 heteroatoms. The molecule has 0 bridgehead atoms. The van der Waals surface area contributed by atoms with E-state index in [1.165, 1.54) is 35.6 Å². The van der Waals surface area contributed by atoms with Gasteiger partial charge in [0, 0.05) is 29.4 Å². The van der Waals surface area contributed by atoms with E-state index in [2.05, 4.69) is 50.0 Å². The molecule has 0 saturated heterocycles. The predicted molar refractivity (Wildman–Crippen MR) is 91.3 cm³/mol. The fourth-order valence-electron chi connectivity index (χ4n) is 2.43. The fraction of sp³-hybridized carbons (Fsp3) is 0.765. The molecule has 0 fully saturated rings. The van der Waals surface area contributed by atoms with Crippen molar-refractivity contribution in [1.82, 2.24) is 10.2 Å². The quantitative estimate of drug-likeness (QED) is 0.605. The Hall–Kier alpha value is -0.380. The fourth-order valence-corrected chi connectivity index (χ4v) is 3.46. The summed E-state index contributed by atoms with van der Waals surface area (Å²) in [6.07, 6.45) is 3.80. The molecule has 2 nitrogen and oxygen atoms in total. The molecule has 116 valence electrons. The molecule has 1 aromatic rings. The summed E-state index contributed by atoms with van der Waals surface area (Å²) in [5.74, 6) is 0.848. The maximum Gasteiger partial charge on any atom is 0.0328 e. The largest absolute Gasteiger partial charge is 0.312 e. The first-order valence-electron chi connectivity index (χ1n) is 8.24. The van der Waals surface area contributed by atoms with Crippen molar-refractivity contribution in [1.29, 1.82) is 0 Å². The monoisotopic (exact) mass is 296 g/mol. The van der Waals surface area contributed by atoms with Crippen molar-refractivity contribution in [2.45, 2.75) is 60.0 Å². The number of thiophene rings is 1. The summed E-state index contributed by atoms with van der Waals surface area (Å²) < 4.78 is 0. The highest BCUT2D eigenvalue weighted by Crippen LogP contribution is 2.19. The Morgan fingerprint density at radius 3 is 2.40 bits per heavy atom. The Balaban J connectivity index is 2.44. The number of nitrogens with zero attached hydrogens (tertiary/aromatic N) is 1. The van der Waals surface area contributed by atoms with Crippen molar-refractivity contribution in [3.63, 3.8) is 0 Å². The van der Waals surface area contributed by atoms with Gasteiger partial charge in [0.05, 0.1) is 0 Å². The third kappa shape index (κ3) is 6.38. The number of rotatable bonds is 11. The van der Waals surface area contributed by atoms with Gasteiger partial charge >= 0.3 is 0 Å².